The van der Waals surface area contributed by atoms with Crippen LogP contribution in [0, 0.1) is 0 Å². The minimum atomic E-state index is -4.40. The summed E-state index contributed by atoms with van der Waals surface area (Å²) in [6.07, 6.45) is -4.40. The largest absolute Gasteiger partial charge is 0.411 e. The van der Waals surface area contributed by atoms with Gasteiger partial charge in [0.15, 0.2) is 9.84 Å². The molecule has 0 aliphatic carbocycles. The van der Waals surface area contributed by atoms with E-state index >= 15 is 0 Å². The highest BCUT2D eigenvalue weighted by Gasteiger charge is 2.27. The molecule has 0 heterocycles. The van der Waals surface area contributed by atoms with Crippen molar-refractivity contribution in [3.63, 3.8) is 0 Å². The lowest BCUT2D eigenvalue weighted by atomic mass is 10.3. The zero-order valence-corrected chi connectivity index (χ0v) is 10.8. The molecule has 0 spiro atoms. The molecule has 1 aromatic rings. The van der Waals surface area contributed by atoms with E-state index in [1.807, 2.05) is 0 Å². The zero-order valence-electron chi connectivity index (χ0n) is 9.98. The second-order valence-electron chi connectivity index (χ2n) is 3.91. The van der Waals surface area contributed by atoms with Gasteiger partial charge in [-0.25, -0.2) is 8.42 Å². The summed E-state index contributed by atoms with van der Waals surface area (Å²) in [7, 11) is -3.54. The summed E-state index contributed by atoms with van der Waals surface area (Å²) in [5.74, 6) is -0.283. The number of anilines is 1. The van der Waals surface area contributed by atoms with E-state index in [1.54, 1.807) is 6.07 Å². The Bertz CT molecular complexity index is 514. The molecule has 1 rings (SSSR count). The fourth-order valence-electron chi connectivity index (χ4n) is 1.36. The third-order valence-corrected chi connectivity index (χ3v) is 3.98. The van der Waals surface area contributed by atoms with E-state index in [0.717, 1.165) is 0 Å². The summed E-state index contributed by atoms with van der Waals surface area (Å²) in [6, 6.07) is 5.75. The number of nitrogen functional groups attached to an aromatic ring is 1. The first-order valence-electron chi connectivity index (χ1n) is 5.43. The van der Waals surface area contributed by atoms with Crippen LogP contribution in [0.3, 0.4) is 0 Å². The Hall–Kier alpha value is -1.28. The molecule has 0 saturated carbocycles. The molecule has 4 nitrogen and oxygen atoms in total. The summed E-state index contributed by atoms with van der Waals surface area (Å²) >= 11 is 0. The van der Waals surface area contributed by atoms with Crippen molar-refractivity contribution in [3.8, 4) is 0 Å². The molecule has 0 saturated heterocycles. The van der Waals surface area contributed by atoms with Crippen LogP contribution < -0.4 is 5.73 Å². The maximum absolute atomic E-state index is 11.8. The summed E-state index contributed by atoms with van der Waals surface area (Å²) in [4.78, 5) is 0.0586. The molecule has 0 bridgehead atoms. The lowest BCUT2D eigenvalue weighted by Crippen LogP contribution is -2.18. The number of alkyl halides is 3. The van der Waals surface area contributed by atoms with Gasteiger partial charge in [-0.05, 0) is 24.6 Å². The molecule has 1 aromatic carbocycles. The van der Waals surface area contributed by atoms with Gasteiger partial charge in [-0.3, -0.25) is 0 Å². The molecule has 0 radical (unpaired) electrons. The lowest BCUT2D eigenvalue weighted by Gasteiger charge is -2.08. The average Bonchev–Trinajstić information content (AvgIpc) is 2.27. The molecule has 0 aliphatic heterocycles. The van der Waals surface area contributed by atoms with E-state index in [1.165, 1.54) is 18.2 Å². The van der Waals surface area contributed by atoms with Crippen molar-refractivity contribution in [3.05, 3.63) is 24.3 Å². The highest BCUT2D eigenvalue weighted by atomic mass is 32.2. The average molecular weight is 297 g/mol. The number of rotatable bonds is 6. The zero-order chi connectivity index (χ0) is 14.5. The van der Waals surface area contributed by atoms with Crippen LogP contribution in [0.15, 0.2) is 29.2 Å². The maximum atomic E-state index is 11.8. The van der Waals surface area contributed by atoms with Crippen LogP contribution >= 0.6 is 0 Å². The number of benzene rings is 1. The number of nitrogens with two attached hydrogens (primary N) is 1. The van der Waals surface area contributed by atoms with Crippen LogP contribution in [0.2, 0.25) is 0 Å². The summed E-state index contributed by atoms with van der Waals surface area (Å²) in [6.45, 7) is -1.63. The first-order chi connectivity index (χ1) is 8.71. The van der Waals surface area contributed by atoms with Crippen LogP contribution in [-0.2, 0) is 14.6 Å². The highest BCUT2D eigenvalue weighted by molar-refractivity contribution is 7.91. The van der Waals surface area contributed by atoms with E-state index < -0.39 is 22.6 Å². The minimum absolute atomic E-state index is 0.00673. The fraction of sp³-hybridized carbons (Fsp3) is 0.455. The number of sulfone groups is 1. The lowest BCUT2D eigenvalue weighted by molar-refractivity contribution is -0.173. The second-order valence-corrected chi connectivity index (χ2v) is 6.02. The molecule has 2 N–H and O–H groups in total. The van der Waals surface area contributed by atoms with Gasteiger partial charge in [-0.2, -0.15) is 13.2 Å². The normalized spacial score (nSPS) is 12.6. The monoisotopic (exact) mass is 297 g/mol. The summed E-state index contributed by atoms with van der Waals surface area (Å²) in [5, 5.41) is 0. The Labute approximate surface area is 109 Å². The van der Waals surface area contributed by atoms with Gasteiger partial charge in [0.2, 0.25) is 0 Å². The number of ether oxygens (including phenoxy) is 1. The van der Waals surface area contributed by atoms with Crippen molar-refractivity contribution < 1.29 is 26.3 Å². The maximum Gasteiger partial charge on any atom is 0.411 e. The Balaban J connectivity index is 2.44. The third-order valence-electron chi connectivity index (χ3n) is 2.18. The van der Waals surface area contributed by atoms with Gasteiger partial charge in [0.1, 0.15) is 6.61 Å². The number of hydrogen-bond donors (Lipinski definition) is 1. The highest BCUT2D eigenvalue weighted by Crippen LogP contribution is 2.16. The smallest absolute Gasteiger partial charge is 0.399 e. The molecular weight excluding hydrogens is 283 g/mol. The molecule has 0 aromatic heterocycles. The SMILES string of the molecule is Nc1cccc(S(=O)(=O)CCCOCC(F)(F)F)c1. The standard InChI is InChI=1S/C11H14F3NO3S/c12-11(13,14)8-18-5-2-6-19(16,17)10-4-1-3-9(15)7-10/h1,3-4,7H,2,5-6,8,15H2. The molecular formula is C11H14F3NO3S. The van der Waals surface area contributed by atoms with Crippen molar-refractivity contribution in [1.82, 2.24) is 0 Å². The van der Waals surface area contributed by atoms with Crippen LogP contribution in [-0.4, -0.2) is 33.6 Å². The Morgan fingerprint density at radius 1 is 1.26 bits per heavy atom. The van der Waals surface area contributed by atoms with E-state index in [4.69, 9.17) is 5.73 Å². The van der Waals surface area contributed by atoms with E-state index in [2.05, 4.69) is 4.74 Å². The van der Waals surface area contributed by atoms with Crippen molar-refractivity contribution in [2.24, 2.45) is 0 Å². The number of hydrogen-bond acceptors (Lipinski definition) is 4. The van der Waals surface area contributed by atoms with Gasteiger partial charge in [0.25, 0.3) is 0 Å². The molecule has 0 fully saturated rings. The second kappa shape index (κ2) is 6.25. The first kappa shape index (κ1) is 15.8. The van der Waals surface area contributed by atoms with Crippen molar-refractivity contribution in [2.45, 2.75) is 17.5 Å². The van der Waals surface area contributed by atoms with Gasteiger partial charge in [-0.1, -0.05) is 6.07 Å². The Morgan fingerprint density at radius 2 is 1.95 bits per heavy atom. The molecule has 0 aliphatic rings. The van der Waals surface area contributed by atoms with Crippen molar-refractivity contribution >= 4 is 15.5 Å². The Kier molecular flexibility index (Phi) is 5.19. The van der Waals surface area contributed by atoms with Crippen LogP contribution in [0.5, 0.6) is 0 Å². The van der Waals surface area contributed by atoms with Crippen molar-refractivity contribution in [2.75, 3.05) is 24.7 Å². The van der Waals surface area contributed by atoms with Gasteiger partial charge in [-0.15, -0.1) is 0 Å². The fourth-order valence-corrected chi connectivity index (χ4v) is 2.70. The van der Waals surface area contributed by atoms with Gasteiger partial charge in [0.05, 0.1) is 10.6 Å². The molecule has 0 unspecified atom stereocenters. The van der Waals surface area contributed by atoms with Crippen LogP contribution in [0.1, 0.15) is 6.42 Å². The van der Waals surface area contributed by atoms with E-state index in [-0.39, 0.29) is 23.7 Å². The molecule has 0 amide bonds. The van der Waals surface area contributed by atoms with Gasteiger partial charge < -0.3 is 10.5 Å². The number of halogens is 3. The predicted octanol–water partition coefficient (Wildman–Crippen LogP) is 2.01. The topological polar surface area (TPSA) is 69.4 Å². The van der Waals surface area contributed by atoms with Crippen molar-refractivity contribution in [1.29, 1.82) is 0 Å². The Morgan fingerprint density at radius 3 is 2.53 bits per heavy atom. The summed E-state index contributed by atoms with van der Waals surface area (Å²) in [5.41, 5.74) is 5.78. The minimum Gasteiger partial charge on any atom is -0.399 e. The van der Waals surface area contributed by atoms with Gasteiger partial charge in [0, 0.05) is 12.3 Å². The first-order valence-corrected chi connectivity index (χ1v) is 7.09. The van der Waals surface area contributed by atoms with E-state index in [0.29, 0.717) is 5.69 Å². The molecule has 108 valence electrons. The van der Waals surface area contributed by atoms with Crippen LogP contribution in [0.25, 0.3) is 0 Å². The third kappa shape index (κ3) is 5.93. The van der Waals surface area contributed by atoms with Crippen LogP contribution in [0.4, 0.5) is 18.9 Å². The molecule has 0 atom stereocenters. The molecule has 8 heteroatoms. The summed E-state index contributed by atoms with van der Waals surface area (Å²) < 4.78 is 63.3. The van der Waals surface area contributed by atoms with Gasteiger partial charge >= 0.3 is 6.18 Å². The van der Waals surface area contributed by atoms with E-state index in [9.17, 15) is 21.6 Å². The predicted molar refractivity (Wildman–Crippen MR) is 64.4 cm³/mol. The quantitative estimate of drug-likeness (QED) is 0.644. The molecule has 19 heavy (non-hydrogen) atoms.